The van der Waals surface area contributed by atoms with Crippen molar-refractivity contribution in [1.82, 2.24) is 0 Å². The van der Waals surface area contributed by atoms with Crippen molar-refractivity contribution in [2.45, 2.75) is 5.41 Å². The van der Waals surface area contributed by atoms with Crippen LogP contribution in [0.25, 0.3) is 88.0 Å². The molecule has 0 saturated carbocycles. The highest BCUT2D eigenvalue weighted by Crippen LogP contribution is 2.57. The van der Waals surface area contributed by atoms with Gasteiger partial charge in [0, 0.05) is 33.3 Å². The van der Waals surface area contributed by atoms with E-state index in [1.807, 2.05) is 0 Å². The van der Waals surface area contributed by atoms with E-state index in [4.69, 9.17) is 4.42 Å². The molecule has 1 aliphatic carbocycles. The van der Waals surface area contributed by atoms with Crippen molar-refractivity contribution in [1.29, 1.82) is 0 Å². The smallest absolute Gasteiger partial charge is 0.143 e. The van der Waals surface area contributed by atoms with Crippen LogP contribution in [-0.2, 0) is 5.41 Å². The Morgan fingerprint density at radius 2 is 0.845 bits per heavy atom. The van der Waals surface area contributed by atoms with Crippen molar-refractivity contribution in [3.63, 3.8) is 0 Å². The highest BCUT2D eigenvalue weighted by Gasteiger charge is 2.46. The van der Waals surface area contributed by atoms with Gasteiger partial charge in [-0.3, -0.25) is 0 Å². The maximum Gasteiger partial charge on any atom is 0.143 e. The molecule has 1 heterocycles. The number of hydrogen-bond donors (Lipinski definition) is 0. The topological polar surface area (TPSA) is 16.4 Å². The summed E-state index contributed by atoms with van der Waals surface area (Å²) in [4.78, 5) is 2.45. The first-order chi connectivity index (χ1) is 35.2. The molecule has 2 nitrogen and oxygen atoms in total. The molecule has 1 aromatic heterocycles. The summed E-state index contributed by atoms with van der Waals surface area (Å²) in [6.07, 6.45) is 0. The minimum atomic E-state index is -0.557. The van der Waals surface area contributed by atoms with E-state index in [-0.39, 0.29) is 0 Å². The van der Waals surface area contributed by atoms with Gasteiger partial charge >= 0.3 is 0 Å². The van der Waals surface area contributed by atoms with E-state index in [0.29, 0.717) is 0 Å². The van der Waals surface area contributed by atoms with Gasteiger partial charge in [0.05, 0.1) is 11.1 Å². The van der Waals surface area contributed by atoms with E-state index in [1.165, 1.54) is 66.2 Å². The molecule has 12 aromatic carbocycles. The summed E-state index contributed by atoms with van der Waals surface area (Å²) < 4.78 is 6.92. The number of rotatable bonds is 8. The molecule has 1 aliphatic rings. The lowest BCUT2D eigenvalue weighted by Gasteiger charge is -2.35. The van der Waals surface area contributed by atoms with Crippen LogP contribution in [0.15, 0.2) is 277 Å². The molecule has 0 saturated heterocycles. The number of fused-ring (bicyclic) bond motifs is 8. The Morgan fingerprint density at radius 3 is 1.61 bits per heavy atom. The lowest BCUT2D eigenvalue weighted by molar-refractivity contribution is 0.670. The molecule has 0 unspecified atom stereocenters. The van der Waals surface area contributed by atoms with Crippen LogP contribution in [0.1, 0.15) is 22.3 Å². The Bertz CT molecular complexity index is 4130. The summed E-state index contributed by atoms with van der Waals surface area (Å²) in [5.74, 6) is 0. The molecule has 2 heteroatoms. The Hall–Kier alpha value is -9.24. The zero-order valence-electron chi connectivity index (χ0n) is 38.8. The van der Waals surface area contributed by atoms with E-state index >= 15 is 0 Å². The van der Waals surface area contributed by atoms with Gasteiger partial charge < -0.3 is 9.32 Å². The average Bonchev–Trinajstić information content (AvgIpc) is 3.96. The fourth-order valence-electron chi connectivity index (χ4n) is 11.6. The number of nitrogens with zero attached hydrogens (tertiary/aromatic N) is 1. The molecule has 13 aromatic rings. The Kier molecular flexibility index (Phi) is 9.47. The number of benzene rings is 12. The van der Waals surface area contributed by atoms with E-state index in [9.17, 15) is 0 Å². The molecule has 14 rings (SSSR count). The number of anilines is 3. The highest BCUT2D eigenvalue weighted by atomic mass is 16.3. The SMILES string of the molecule is c1ccc(C2(c3ccccc3)c3ccccc3-c3ccc(N(c4ccc(-c5cccc(-c6ccc7ccccc7c6)c5)cc4)c4ccccc4-c4cccc5c4oc4cc6ccccc6cc45)cc32)cc1. The molecule has 0 fully saturated rings. The van der Waals surface area contributed by atoms with Gasteiger partial charge in [0.15, 0.2) is 0 Å². The minimum absolute atomic E-state index is 0.557. The summed E-state index contributed by atoms with van der Waals surface area (Å²) in [6, 6.07) is 99.9. The molecule has 0 bridgehead atoms. The summed E-state index contributed by atoms with van der Waals surface area (Å²) in [5, 5.41) is 7.07. The standard InChI is InChI=1S/C69H45NO/c1-3-23-54(24-4-1)69(55-25-5-2-6-26-55)64-31-13-11-27-58(64)59-40-39-57(45-65(59)69)70(56-37-35-47(36-38-56)49-21-15-22-50(41-49)53-34-33-46-17-7-8-18-48(46)42-53)66-32-14-12-28-60(66)61-29-16-30-62-63-43-51-19-9-10-20-52(51)44-67(63)71-68(61)62/h1-45H. The lowest BCUT2D eigenvalue weighted by atomic mass is 9.67. The van der Waals surface area contributed by atoms with Crippen LogP contribution < -0.4 is 4.90 Å². The first-order valence-corrected chi connectivity index (χ1v) is 24.5. The molecule has 0 N–H and O–H groups in total. The molecule has 332 valence electrons. The molecule has 0 atom stereocenters. The van der Waals surface area contributed by atoms with Crippen molar-refractivity contribution in [2.24, 2.45) is 0 Å². The number of furan rings is 1. The Morgan fingerprint density at radius 1 is 0.296 bits per heavy atom. The van der Waals surface area contributed by atoms with E-state index < -0.39 is 5.41 Å². The number of para-hydroxylation sites is 2. The molecular formula is C69H45NO. The van der Waals surface area contributed by atoms with Crippen LogP contribution in [0.2, 0.25) is 0 Å². The van der Waals surface area contributed by atoms with Gasteiger partial charge in [0.1, 0.15) is 11.2 Å². The van der Waals surface area contributed by atoms with Gasteiger partial charge in [-0.25, -0.2) is 0 Å². The maximum atomic E-state index is 6.92. The second-order valence-electron chi connectivity index (χ2n) is 18.8. The minimum Gasteiger partial charge on any atom is -0.455 e. The van der Waals surface area contributed by atoms with Crippen LogP contribution >= 0.6 is 0 Å². The van der Waals surface area contributed by atoms with Gasteiger partial charge in [0.25, 0.3) is 0 Å². The van der Waals surface area contributed by atoms with Crippen molar-refractivity contribution in [2.75, 3.05) is 4.90 Å². The van der Waals surface area contributed by atoms with Gasteiger partial charge in [0.2, 0.25) is 0 Å². The fourth-order valence-corrected chi connectivity index (χ4v) is 11.6. The quantitative estimate of drug-likeness (QED) is 0.151. The molecular weight excluding hydrogens is 859 g/mol. The van der Waals surface area contributed by atoms with Crippen LogP contribution in [-0.4, -0.2) is 0 Å². The predicted octanol–water partition coefficient (Wildman–Crippen LogP) is 18.7. The lowest BCUT2D eigenvalue weighted by Crippen LogP contribution is -2.28. The Balaban J connectivity index is 0.969. The number of hydrogen-bond acceptors (Lipinski definition) is 2. The monoisotopic (exact) mass is 903 g/mol. The molecule has 0 amide bonds. The first-order valence-electron chi connectivity index (χ1n) is 24.5. The van der Waals surface area contributed by atoms with Gasteiger partial charge in [-0.2, -0.15) is 0 Å². The van der Waals surface area contributed by atoms with Crippen molar-refractivity contribution in [3.8, 4) is 44.5 Å². The second kappa shape index (κ2) is 16.5. The van der Waals surface area contributed by atoms with Crippen LogP contribution in [0.4, 0.5) is 17.1 Å². The maximum absolute atomic E-state index is 6.92. The van der Waals surface area contributed by atoms with Crippen molar-refractivity contribution < 1.29 is 4.42 Å². The van der Waals surface area contributed by atoms with Crippen molar-refractivity contribution in [3.05, 3.63) is 295 Å². The fraction of sp³-hybridized carbons (Fsp3) is 0.0145. The third kappa shape index (κ3) is 6.57. The zero-order chi connectivity index (χ0) is 46.9. The van der Waals surface area contributed by atoms with E-state index in [2.05, 4.69) is 278 Å². The van der Waals surface area contributed by atoms with Crippen LogP contribution in [0.5, 0.6) is 0 Å². The predicted molar refractivity (Wildman–Crippen MR) is 297 cm³/mol. The second-order valence-corrected chi connectivity index (χ2v) is 18.8. The average molecular weight is 904 g/mol. The highest BCUT2D eigenvalue weighted by molar-refractivity contribution is 6.14. The summed E-state index contributed by atoms with van der Waals surface area (Å²) in [6.45, 7) is 0. The molecule has 0 radical (unpaired) electrons. The third-order valence-corrected chi connectivity index (χ3v) is 14.9. The zero-order valence-corrected chi connectivity index (χ0v) is 38.8. The van der Waals surface area contributed by atoms with E-state index in [1.54, 1.807) is 0 Å². The van der Waals surface area contributed by atoms with Crippen LogP contribution in [0, 0.1) is 0 Å². The first kappa shape index (κ1) is 40.8. The van der Waals surface area contributed by atoms with Gasteiger partial charge in [-0.15, -0.1) is 0 Å². The summed E-state index contributed by atoms with van der Waals surface area (Å²) >= 11 is 0. The van der Waals surface area contributed by atoms with Crippen LogP contribution in [0.3, 0.4) is 0 Å². The largest absolute Gasteiger partial charge is 0.455 e. The van der Waals surface area contributed by atoms with Crippen molar-refractivity contribution >= 4 is 60.5 Å². The molecule has 71 heavy (non-hydrogen) atoms. The van der Waals surface area contributed by atoms with Gasteiger partial charge in [-0.1, -0.05) is 218 Å². The summed E-state index contributed by atoms with van der Waals surface area (Å²) in [7, 11) is 0. The van der Waals surface area contributed by atoms with E-state index in [0.717, 1.165) is 61.1 Å². The Labute approximate surface area is 413 Å². The normalized spacial score (nSPS) is 12.6. The molecule has 0 spiro atoms. The van der Waals surface area contributed by atoms with Gasteiger partial charge in [-0.05, 0) is 132 Å². The third-order valence-electron chi connectivity index (χ3n) is 14.9. The summed E-state index contributed by atoms with van der Waals surface area (Å²) in [5.41, 5.74) is 18.7. The molecule has 0 aliphatic heterocycles.